The minimum Gasteiger partial charge on any atom is -0.495 e. The summed E-state index contributed by atoms with van der Waals surface area (Å²) in [6, 6.07) is 16.0. The van der Waals surface area contributed by atoms with E-state index < -0.39 is 22.4 Å². The van der Waals surface area contributed by atoms with Gasteiger partial charge in [0.2, 0.25) is 0 Å². The highest BCUT2D eigenvalue weighted by atomic mass is 32.2. The van der Waals surface area contributed by atoms with E-state index in [0.717, 1.165) is 43.3 Å². The largest absolute Gasteiger partial charge is 0.495 e. The number of likely N-dealkylation sites (tertiary alicyclic amines) is 1. The van der Waals surface area contributed by atoms with E-state index in [2.05, 4.69) is 39.4 Å². The monoisotopic (exact) mass is 625 g/mol. The van der Waals surface area contributed by atoms with Crippen LogP contribution in [0.25, 0.3) is 16.8 Å². The van der Waals surface area contributed by atoms with E-state index in [1.54, 1.807) is 12.3 Å². The molecule has 4 aromatic rings. The van der Waals surface area contributed by atoms with Crippen LogP contribution in [0.2, 0.25) is 0 Å². The third kappa shape index (κ3) is 7.46. The molecule has 1 fully saturated rings. The van der Waals surface area contributed by atoms with Gasteiger partial charge in [0.05, 0.1) is 42.0 Å². The van der Waals surface area contributed by atoms with Crippen molar-refractivity contribution in [2.45, 2.75) is 36.4 Å². The smallest absolute Gasteiger partial charge is 0.394 e. The molecule has 8 nitrogen and oxygen atoms in total. The molecule has 1 aliphatic heterocycles. The third-order valence-corrected chi connectivity index (χ3v) is 8.66. The van der Waals surface area contributed by atoms with Crippen molar-refractivity contribution in [2.75, 3.05) is 50.7 Å². The molecule has 2 N–H and O–H groups in total. The summed E-state index contributed by atoms with van der Waals surface area (Å²) in [5.74, 6) is 6.03. The second-order valence-corrected chi connectivity index (χ2v) is 12.9. The number of rotatable bonds is 8. The number of aromatic nitrogens is 2. The first-order valence-electron chi connectivity index (χ1n) is 14.1. The molecule has 12 heteroatoms. The Hall–Kier alpha value is -4.21. The van der Waals surface area contributed by atoms with Gasteiger partial charge in [-0.15, -0.1) is 0 Å². The zero-order chi connectivity index (χ0) is 31.5. The van der Waals surface area contributed by atoms with Gasteiger partial charge in [-0.3, -0.25) is 0 Å². The molecule has 0 atom stereocenters. The van der Waals surface area contributed by atoms with E-state index >= 15 is 0 Å². The molecule has 2 aromatic heterocycles. The molecule has 0 saturated carbocycles. The molecule has 0 unspecified atom stereocenters. The summed E-state index contributed by atoms with van der Waals surface area (Å²) < 4.78 is 72.3. The number of halogens is 3. The van der Waals surface area contributed by atoms with Crippen molar-refractivity contribution in [3.8, 4) is 28.7 Å². The molecule has 5 rings (SSSR count). The number of ether oxygens (including phenoxy) is 1. The number of methoxy groups -OCH3 is 1. The number of sulfone groups is 1. The highest BCUT2D eigenvalue weighted by Gasteiger charge is 2.32. The van der Waals surface area contributed by atoms with Crippen molar-refractivity contribution < 1.29 is 26.3 Å². The zero-order valence-corrected chi connectivity index (χ0v) is 25.5. The maximum absolute atomic E-state index is 13.9. The average molecular weight is 626 g/mol. The van der Waals surface area contributed by atoms with Crippen molar-refractivity contribution in [3.63, 3.8) is 0 Å². The third-order valence-electron chi connectivity index (χ3n) is 7.55. The van der Waals surface area contributed by atoms with Crippen LogP contribution in [0.1, 0.15) is 24.2 Å². The van der Waals surface area contributed by atoms with Crippen LogP contribution in [-0.4, -0.2) is 75.0 Å². The molecule has 3 heterocycles. The van der Waals surface area contributed by atoms with Crippen molar-refractivity contribution in [1.29, 1.82) is 0 Å². The van der Waals surface area contributed by atoms with Crippen LogP contribution in [0.15, 0.2) is 65.7 Å². The van der Waals surface area contributed by atoms with Crippen LogP contribution in [0.4, 0.5) is 24.5 Å². The fourth-order valence-electron chi connectivity index (χ4n) is 5.23. The molecule has 1 aliphatic rings. The number of nitrogens with zero attached hydrogens (tertiary/aromatic N) is 3. The Morgan fingerprint density at radius 1 is 1.05 bits per heavy atom. The number of hydrogen-bond acceptors (Lipinski definition) is 7. The van der Waals surface area contributed by atoms with Crippen LogP contribution < -0.4 is 15.4 Å². The van der Waals surface area contributed by atoms with E-state index in [1.165, 1.54) is 23.6 Å². The summed E-state index contributed by atoms with van der Waals surface area (Å²) in [5, 5.41) is 6.61. The van der Waals surface area contributed by atoms with Gasteiger partial charge >= 0.3 is 6.18 Å². The zero-order valence-electron chi connectivity index (χ0n) is 24.7. The van der Waals surface area contributed by atoms with Crippen molar-refractivity contribution in [1.82, 2.24) is 14.3 Å². The number of pyridine rings is 1. The van der Waals surface area contributed by atoms with E-state index in [1.807, 2.05) is 36.4 Å². The lowest BCUT2D eigenvalue weighted by atomic mass is 10.0. The highest BCUT2D eigenvalue weighted by Crippen LogP contribution is 2.32. The molecule has 44 heavy (non-hydrogen) atoms. The summed E-state index contributed by atoms with van der Waals surface area (Å²) in [6.07, 6.45) is -1.08. The second-order valence-electron chi connectivity index (χ2n) is 10.9. The van der Waals surface area contributed by atoms with E-state index in [4.69, 9.17) is 4.74 Å². The Labute approximate surface area is 255 Å². The molecular formula is C32H34F3N5O3S. The molecule has 0 radical (unpaired) electrons. The molecule has 2 aromatic carbocycles. The quantitative estimate of drug-likeness (QED) is 0.251. The number of imidazole rings is 1. The molecule has 0 bridgehead atoms. The lowest BCUT2D eigenvalue weighted by Crippen LogP contribution is -2.36. The van der Waals surface area contributed by atoms with Crippen LogP contribution >= 0.6 is 0 Å². The lowest BCUT2D eigenvalue weighted by molar-refractivity contribution is -0.128. The van der Waals surface area contributed by atoms with Crippen LogP contribution in [0.5, 0.6) is 5.75 Å². The fraction of sp³-hybridized carbons (Fsp3) is 0.344. The van der Waals surface area contributed by atoms with Crippen LogP contribution in [0, 0.1) is 11.8 Å². The summed E-state index contributed by atoms with van der Waals surface area (Å²) in [7, 11) is 0.0603. The Balaban J connectivity index is 1.52. The number of piperidine rings is 1. The Morgan fingerprint density at radius 3 is 2.43 bits per heavy atom. The van der Waals surface area contributed by atoms with E-state index in [9.17, 15) is 21.6 Å². The first-order chi connectivity index (χ1) is 20.9. The molecule has 0 amide bonds. The second kappa shape index (κ2) is 12.8. The molecule has 0 spiro atoms. The first-order valence-corrected chi connectivity index (χ1v) is 16.0. The van der Waals surface area contributed by atoms with Crippen LogP contribution in [-0.2, 0) is 16.3 Å². The lowest BCUT2D eigenvalue weighted by Gasteiger charge is -2.30. The summed E-state index contributed by atoms with van der Waals surface area (Å²) >= 11 is 0. The van der Waals surface area contributed by atoms with Gasteiger partial charge < -0.3 is 24.7 Å². The average Bonchev–Trinajstić information content (AvgIpc) is 3.32. The molecule has 1 saturated heterocycles. The first kappa shape index (κ1) is 31.2. The van der Waals surface area contributed by atoms with Gasteiger partial charge in [0.1, 0.15) is 11.4 Å². The standard InChI is InChI=1S/C32H34F3N5O3S/c1-39-16-13-24(14-17-39)37-28-18-23(22-8-5-4-6-9-22)21-40-29(20-32(33,34)35)26(38-31(28)40)10-7-15-36-27-12-11-25(44(3,41)42)19-30(27)43-2/h4-6,8-9,11-12,18-19,21,24,36-37H,13-17,20H2,1-3H3. The number of benzene rings is 2. The minimum atomic E-state index is -4.48. The maximum atomic E-state index is 13.9. The van der Waals surface area contributed by atoms with Gasteiger partial charge in [0.15, 0.2) is 15.5 Å². The summed E-state index contributed by atoms with van der Waals surface area (Å²) in [4.78, 5) is 6.98. The number of anilines is 2. The van der Waals surface area contributed by atoms with Gasteiger partial charge in [0.25, 0.3) is 0 Å². The predicted octanol–water partition coefficient (Wildman–Crippen LogP) is 5.49. The maximum Gasteiger partial charge on any atom is 0.394 e. The predicted molar refractivity (Wildman–Crippen MR) is 166 cm³/mol. The van der Waals surface area contributed by atoms with Crippen LogP contribution in [0.3, 0.4) is 0 Å². The topological polar surface area (TPSA) is 88.0 Å². The van der Waals surface area contributed by atoms with Gasteiger partial charge in [-0.1, -0.05) is 36.3 Å². The molecule has 232 valence electrons. The van der Waals surface area contributed by atoms with Crippen molar-refractivity contribution in [2.24, 2.45) is 0 Å². The Morgan fingerprint density at radius 2 is 1.77 bits per heavy atom. The normalized spacial score (nSPS) is 14.7. The highest BCUT2D eigenvalue weighted by molar-refractivity contribution is 7.90. The van der Waals surface area contributed by atoms with E-state index in [0.29, 0.717) is 22.8 Å². The van der Waals surface area contributed by atoms with Gasteiger partial charge in [0, 0.05) is 30.1 Å². The Bertz CT molecular complexity index is 1800. The fourth-order valence-corrected chi connectivity index (χ4v) is 5.87. The number of fused-ring (bicyclic) bond motifs is 1. The van der Waals surface area contributed by atoms with Crippen molar-refractivity contribution in [3.05, 3.63) is 72.2 Å². The van der Waals surface area contributed by atoms with Gasteiger partial charge in [-0.25, -0.2) is 13.4 Å². The van der Waals surface area contributed by atoms with E-state index in [-0.39, 0.29) is 28.9 Å². The summed E-state index contributed by atoms with van der Waals surface area (Å²) in [6.45, 7) is 1.90. The Kier molecular flexibility index (Phi) is 9.08. The van der Waals surface area contributed by atoms with Gasteiger partial charge in [-0.05, 0) is 62.7 Å². The van der Waals surface area contributed by atoms with Crippen molar-refractivity contribution >= 4 is 26.9 Å². The number of nitrogens with one attached hydrogen (secondary N) is 2. The molecule has 0 aliphatic carbocycles. The van der Waals surface area contributed by atoms with Gasteiger partial charge in [-0.2, -0.15) is 13.2 Å². The molecular weight excluding hydrogens is 591 g/mol. The minimum absolute atomic E-state index is 0.0418. The number of alkyl halides is 3. The SMILES string of the molecule is COc1cc(S(C)(=O)=O)ccc1NCC#Cc1nc2c(NC3CCN(C)CC3)cc(-c3ccccc3)cn2c1CC(F)(F)F. The summed E-state index contributed by atoms with van der Waals surface area (Å²) in [5.41, 5.74) is 3.18. The number of hydrogen-bond donors (Lipinski definition) is 2.